The Morgan fingerprint density at radius 1 is 1.33 bits per heavy atom. The lowest BCUT2D eigenvalue weighted by atomic mass is 10.2. The molecule has 0 aromatic heterocycles. The van der Waals surface area contributed by atoms with Crippen molar-refractivity contribution >= 4 is 11.7 Å². The van der Waals surface area contributed by atoms with E-state index in [2.05, 4.69) is 10.5 Å². The first-order valence-electron chi connectivity index (χ1n) is 4.85. The minimum atomic E-state index is -1.71. The summed E-state index contributed by atoms with van der Waals surface area (Å²) in [5, 5.41) is 13.1. The second kappa shape index (κ2) is 5.89. The number of hydrogen-bond acceptors (Lipinski definition) is 3. The van der Waals surface area contributed by atoms with E-state index in [1.807, 2.05) is 0 Å². The molecule has 0 bridgehead atoms. The number of rotatable bonds is 4. The summed E-state index contributed by atoms with van der Waals surface area (Å²) in [5.41, 5.74) is 4.52. The average Bonchev–Trinajstić information content (AvgIpc) is 2.35. The molecule has 0 heterocycles. The summed E-state index contributed by atoms with van der Waals surface area (Å²) in [6.07, 6.45) is 0.0353. The zero-order valence-electron chi connectivity index (χ0n) is 9.08. The number of nitrogens with zero attached hydrogens (tertiary/aromatic N) is 1. The van der Waals surface area contributed by atoms with E-state index in [-0.39, 0.29) is 18.8 Å². The van der Waals surface area contributed by atoms with Crippen molar-refractivity contribution in [3.05, 3.63) is 35.1 Å². The fourth-order valence-electron chi connectivity index (χ4n) is 1.15. The lowest BCUT2D eigenvalue weighted by molar-refractivity contribution is 0.0949. The van der Waals surface area contributed by atoms with Gasteiger partial charge in [-0.3, -0.25) is 4.79 Å². The maximum Gasteiger partial charge on any atom is 0.254 e. The summed E-state index contributed by atoms with van der Waals surface area (Å²) in [6, 6.07) is 1.48. The number of carbonyl (C=O) groups is 1. The molecule has 18 heavy (non-hydrogen) atoms. The van der Waals surface area contributed by atoms with Gasteiger partial charge in [0.25, 0.3) is 5.91 Å². The van der Waals surface area contributed by atoms with E-state index >= 15 is 0 Å². The quantitative estimate of drug-likeness (QED) is 0.248. The first kappa shape index (κ1) is 13.8. The first-order chi connectivity index (χ1) is 8.47. The van der Waals surface area contributed by atoms with Crippen LogP contribution in [0.15, 0.2) is 17.3 Å². The van der Waals surface area contributed by atoms with Gasteiger partial charge in [0, 0.05) is 13.0 Å². The van der Waals surface area contributed by atoms with E-state index in [9.17, 15) is 18.0 Å². The Morgan fingerprint density at radius 2 is 2.00 bits per heavy atom. The van der Waals surface area contributed by atoms with Crippen molar-refractivity contribution in [1.82, 2.24) is 5.32 Å². The molecule has 0 aliphatic heterocycles. The maximum atomic E-state index is 13.2. The molecule has 0 radical (unpaired) electrons. The topological polar surface area (TPSA) is 87.7 Å². The highest BCUT2D eigenvalue weighted by Gasteiger charge is 2.18. The van der Waals surface area contributed by atoms with Crippen LogP contribution < -0.4 is 11.1 Å². The van der Waals surface area contributed by atoms with E-state index in [1.54, 1.807) is 0 Å². The summed E-state index contributed by atoms with van der Waals surface area (Å²) in [4.78, 5) is 11.4. The molecule has 0 aliphatic carbocycles. The number of hydrogen-bond donors (Lipinski definition) is 3. The normalized spacial score (nSPS) is 11.4. The van der Waals surface area contributed by atoms with Crippen molar-refractivity contribution in [2.45, 2.75) is 6.42 Å². The van der Waals surface area contributed by atoms with Gasteiger partial charge in [0.15, 0.2) is 17.5 Å². The monoisotopic (exact) mass is 261 g/mol. The molecule has 0 saturated carbocycles. The molecule has 0 fully saturated rings. The van der Waals surface area contributed by atoms with Gasteiger partial charge >= 0.3 is 0 Å². The Labute approximate surface area is 100 Å². The maximum absolute atomic E-state index is 13.2. The third kappa shape index (κ3) is 3.12. The van der Waals surface area contributed by atoms with Crippen molar-refractivity contribution in [3.8, 4) is 0 Å². The lowest BCUT2D eigenvalue weighted by Gasteiger charge is -2.06. The Balaban J connectivity index is 2.71. The number of amides is 1. The van der Waals surface area contributed by atoms with E-state index in [1.165, 1.54) is 0 Å². The Bertz CT molecular complexity index is 492. The Kier molecular flexibility index (Phi) is 4.52. The summed E-state index contributed by atoms with van der Waals surface area (Å²) in [5.74, 6) is -5.69. The van der Waals surface area contributed by atoms with Crippen molar-refractivity contribution < 1.29 is 23.2 Å². The largest absolute Gasteiger partial charge is 0.409 e. The molecule has 0 atom stereocenters. The smallest absolute Gasteiger partial charge is 0.254 e. The van der Waals surface area contributed by atoms with Crippen molar-refractivity contribution in [1.29, 1.82) is 0 Å². The molecule has 1 aromatic rings. The van der Waals surface area contributed by atoms with Crippen LogP contribution in [-0.2, 0) is 0 Å². The predicted molar refractivity (Wildman–Crippen MR) is 56.7 cm³/mol. The highest BCUT2D eigenvalue weighted by Crippen LogP contribution is 2.14. The van der Waals surface area contributed by atoms with Crippen LogP contribution in [0.3, 0.4) is 0 Å². The van der Waals surface area contributed by atoms with Crippen LogP contribution in [0, 0.1) is 17.5 Å². The molecule has 0 aliphatic rings. The molecule has 0 unspecified atom stereocenters. The molecule has 8 heteroatoms. The number of nitrogens with one attached hydrogen (secondary N) is 1. The zero-order valence-corrected chi connectivity index (χ0v) is 9.08. The van der Waals surface area contributed by atoms with Gasteiger partial charge in [-0.25, -0.2) is 13.2 Å². The highest BCUT2D eigenvalue weighted by molar-refractivity contribution is 5.94. The van der Waals surface area contributed by atoms with Crippen LogP contribution in [0.2, 0.25) is 0 Å². The van der Waals surface area contributed by atoms with Crippen LogP contribution in [0.1, 0.15) is 16.8 Å². The number of nitrogens with two attached hydrogens (primary N) is 1. The van der Waals surface area contributed by atoms with E-state index in [0.717, 1.165) is 6.07 Å². The van der Waals surface area contributed by atoms with Gasteiger partial charge in [0.2, 0.25) is 0 Å². The lowest BCUT2D eigenvalue weighted by Crippen LogP contribution is -2.29. The summed E-state index contributed by atoms with van der Waals surface area (Å²) in [7, 11) is 0. The number of amidine groups is 1. The zero-order chi connectivity index (χ0) is 13.7. The van der Waals surface area contributed by atoms with E-state index in [4.69, 9.17) is 10.9 Å². The molecular weight excluding hydrogens is 251 g/mol. The van der Waals surface area contributed by atoms with Crippen LogP contribution >= 0.6 is 0 Å². The highest BCUT2D eigenvalue weighted by atomic mass is 19.2. The van der Waals surface area contributed by atoms with Gasteiger partial charge in [0.1, 0.15) is 5.84 Å². The van der Waals surface area contributed by atoms with Gasteiger partial charge in [0.05, 0.1) is 5.56 Å². The van der Waals surface area contributed by atoms with Crippen molar-refractivity contribution in [3.63, 3.8) is 0 Å². The first-order valence-corrected chi connectivity index (χ1v) is 4.85. The standard InChI is InChI=1S/C10H10F3N3O2/c11-6-2-1-5(8(12)9(6)13)10(17)15-4-3-7(14)16-18/h1-2,18H,3-4H2,(H2,14,16)(H,15,17). The van der Waals surface area contributed by atoms with E-state index < -0.39 is 28.9 Å². The molecular formula is C10H10F3N3O2. The van der Waals surface area contributed by atoms with E-state index in [0.29, 0.717) is 6.07 Å². The average molecular weight is 261 g/mol. The van der Waals surface area contributed by atoms with Crippen molar-refractivity contribution in [2.75, 3.05) is 6.54 Å². The van der Waals surface area contributed by atoms with Crippen LogP contribution in [-0.4, -0.2) is 23.5 Å². The number of carbonyl (C=O) groups excluding carboxylic acids is 1. The van der Waals surface area contributed by atoms with Gasteiger partial charge in [-0.15, -0.1) is 0 Å². The van der Waals surface area contributed by atoms with Crippen molar-refractivity contribution in [2.24, 2.45) is 10.9 Å². The molecule has 0 spiro atoms. The fraction of sp³-hybridized carbons (Fsp3) is 0.200. The minimum Gasteiger partial charge on any atom is -0.409 e. The summed E-state index contributed by atoms with van der Waals surface area (Å²) < 4.78 is 38.7. The number of halogens is 3. The summed E-state index contributed by atoms with van der Waals surface area (Å²) >= 11 is 0. The molecule has 4 N–H and O–H groups in total. The van der Waals surface area contributed by atoms with Gasteiger partial charge in [-0.2, -0.15) is 0 Å². The van der Waals surface area contributed by atoms with Crippen LogP contribution in [0.5, 0.6) is 0 Å². The predicted octanol–water partition coefficient (Wildman–Crippen LogP) is 0.970. The fourth-order valence-corrected chi connectivity index (χ4v) is 1.15. The SMILES string of the molecule is NC(CCNC(=O)c1ccc(F)c(F)c1F)=NO. The third-order valence-electron chi connectivity index (χ3n) is 2.07. The molecule has 0 saturated heterocycles. The van der Waals surface area contributed by atoms with Crippen LogP contribution in [0.25, 0.3) is 0 Å². The molecule has 1 amide bonds. The second-order valence-corrected chi connectivity index (χ2v) is 3.32. The number of benzene rings is 1. The molecule has 5 nitrogen and oxygen atoms in total. The minimum absolute atomic E-state index is 0.0346. The Morgan fingerprint density at radius 3 is 2.61 bits per heavy atom. The number of oxime groups is 1. The molecule has 1 aromatic carbocycles. The van der Waals surface area contributed by atoms with Gasteiger partial charge in [-0.1, -0.05) is 5.16 Å². The van der Waals surface area contributed by atoms with Gasteiger partial charge in [-0.05, 0) is 12.1 Å². The molecule has 1 rings (SSSR count). The second-order valence-electron chi connectivity index (χ2n) is 3.32. The molecule has 98 valence electrons. The van der Waals surface area contributed by atoms with Crippen LogP contribution in [0.4, 0.5) is 13.2 Å². The summed E-state index contributed by atoms with van der Waals surface area (Å²) in [6.45, 7) is -0.0346. The third-order valence-corrected chi connectivity index (χ3v) is 2.07. The van der Waals surface area contributed by atoms with Gasteiger partial charge < -0.3 is 16.3 Å². The Hall–Kier alpha value is -2.25.